The maximum Gasteiger partial charge on any atom is 0.221 e. The normalized spacial score (nSPS) is 19.1. The van der Waals surface area contributed by atoms with Crippen LogP contribution in [-0.2, 0) is 11.3 Å². The zero-order chi connectivity index (χ0) is 18.7. The lowest BCUT2D eigenvalue weighted by atomic mass is 9.84. The molecule has 0 aliphatic carbocycles. The van der Waals surface area contributed by atoms with Crippen LogP contribution in [0.3, 0.4) is 0 Å². The Kier molecular flexibility index (Phi) is 4.81. The quantitative estimate of drug-likeness (QED) is 0.675. The summed E-state index contributed by atoms with van der Waals surface area (Å²) in [6, 6.07) is 16.1. The summed E-state index contributed by atoms with van der Waals surface area (Å²) in [7, 11) is 0. The van der Waals surface area contributed by atoms with E-state index in [1.54, 1.807) is 0 Å². The van der Waals surface area contributed by atoms with Crippen molar-refractivity contribution >= 4 is 28.8 Å². The first-order chi connectivity index (χ1) is 13.2. The Balaban J connectivity index is 1.65. The number of rotatable bonds is 3. The van der Waals surface area contributed by atoms with Gasteiger partial charge in [0.15, 0.2) is 0 Å². The van der Waals surface area contributed by atoms with Gasteiger partial charge in [-0.05, 0) is 49.7 Å². The van der Waals surface area contributed by atoms with Crippen molar-refractivity contribution in [3.8, 4) is 0 Å². The van der Waals surface area contributed by atoms with Gasteiger partial charge < -0.3 is 21.3 Å². The fourth-order valence-electron chi connectivity index (χ4n) is 3.81. The van der Waals surface area contributed by atoms with Gasteiger partial charge in [-0.3, -0.25) is 9.79 Å². The van der Waals surface area contributed by atoms with Gasteiger partial charge in [0.25, 0.3) is 0 Å². The van der Waals surface area contributed by atoms with Gasteiger partial charge in [-0.25, -0.2) is 0 Å². The molecule has 2 heterocycles. The molecule has 1 fully saturated rings. The Labute approximate surface area is 159 Å². The van der Waals surface area contributed by atoms with Crippen LogP contribution in [0.15, 0.2) is 53.5 Å². The third kappa shape index (κ3) is 3.66. The average Bonchev–Trinajstić information content (AvgIpc) is 2.67. The van der Waals surface area contributed by atoms with E-state index in [0.29, 0.717) is 6.54 Å². The number of para-hydroxylation sites is 3. The molecule has 6 heteroatoms. The zero-order valence-corrected chi connectivity index (χ0v) is 15.5. The fraction of sp³-hybridized carbons (Fsp3) is 0.333. The van der Waals surface area contributed by atoms with Crippen molar-refractivity contribution in [2.45, 2.75) is 31.8 Å². The Hall–Kier alpha value is -2.86. The fourth-order valence-corrected chi connectivity index (χ4v) is 3.81. The summed E-state index contributed by atoms with van der Waals surface area (Å²) in [4.78, 5) is 16.4. The van der Waals surface area contributed by atoms with Crippen molar-refractivity contribution in [3.63, 3.8) is 0 Å². The Bertz CT molecular complexity index is 870. The molecule has 0 aromatic heterocycles. The van der Waals surface area contributed by atoms with E-state index in [2.05, 4.69) is 33.4 Å². The number of amides is 1. The van der Waals surface area contributed by atoms with Crippen LogP contribution in [0.25, 0.3) is 0 Å². The Morgan fingerprint density at radius 1 is 1.07 bits per heavy atom. The van der Waals surface area contributed by atoms with Crippen LogP contribution in [-0.4, -0.2) is 30.4 Å². The summed E-state index contributed by atoms with van der Waals surface area (Å²) in [5.74, 6) is 0.900. The van der Waals surface area contributed by atoms with Crippen molar-refractivity contribution in [1.29, 1.82) is 0 Å². The zero-order valence-electron chi connectivity index (χ0n) is 15.5. The number of benzene rings is 2. The van der Waals surface area contributed by atoms with Crippen LogP contribution < -0.4 is 21.3 Å². The summed E-state index contributed by atoms with van der Waals surface area (Å²) in [6.07, 6.45) is 1.95. The summed E-state index contributed by atoms with van der Waals surface area (Å²) in [5, 5.41) is 13.6. The molecule has 6 nitrogen and oxygen atoms in total. The number of hydrogen-bond donors (Lipinski definition) is 4. The second-order valence-electron chi connectivity index (χ2n) is 7.13. The van der Waals surface area contributed by atoms with Crippen LogP contribution in [0.5, 0.6) is 0 Å². The molecule has 140 valence electrons. The molecule has 2 aromatic rings. The van der Waals surface area contributed by atoms with Crippen LogP contribution in [0, 0.1) is 0 Å². The molecular formula is C21H25N5O. The number of carbonyl (C=O) groups excluding carboxylic acids is 1. The van der Waals surface area contributed by atoms with Crippen molar-refractivity contribution in [1.82, 2.24) is 5.32 Å². The van der Waals surface area contributed by atoms with Gasteiger partial charge >= 0.3 is 0 Å². The molecule has 1 amide bonds. The first-order valence-electron chi connectivity index (χ1n) is 9.42. The van der Waals surface area contributed by atoms with Crippen molar-refractivity contribution in [2.24, 2.45) is 4.99 Å². The van der Waals surface area contributed by atoms with E-state index in [-0.39, 0.29) is 11.4 Å². The minimum atomic E-state index is -0.178. The van der Waals surface area contributed by atoms with E-state index < -0.39 is 0 Å². The molecule has 4 rings (SSSR count). The van der Waals surface area contributed by atoms with Crippen molar-refractivity contribution < 1.29 is 4.79 Å². The summed E-state index contributed by atoms with van der Waals surface area (Å²) >= 11 is 0. The first-order valence-corrected chi connectivity index (χ1v) is 9.42. The summed E-state index contributed by atoms with van der Waals surface area (Å²) in [6.45, 7) is 3.95. The van der Waals surface area contributed by atoms with Crippen LogP contribution in [0.2, 0.25) is 0 Å². The number of anilines is 3. The molecule has 0 bridgehead atoms. The molecule has 2 aliphatic rings. The van der Waals surface area contributed by atoms with Crippen LogP contribution in [0.4, 0.5) is 17.1 Å². The maximum atomic E-state index is 11.5. The Morgan fingerprint density at radius 2 is 1.78 bits per heavy atom. The molecule has 0 radical (unpaired) electrons. The molecule has 2 aromatic carbocycles. The smallest absolute Gasteiger partial charge is 0.221 e. The molecule has 2 aliphatic heterocycles. The van der Waals surface area contributed by atoms with Crippen molar-refractivity contribution in [3.05, 3.63) is 54.1 Å². The lowest BCUT2D eigenvalue weighted by molar-refractivity contribution is -0.114. The van der Waals surface area contributed by atoms with Gasteiger partial charge in [0.2, 0.25) is 5.91 Å². The number of amidine groups is 1. The van der Waals surface area contributed by atoms with E-state index in [9.17, 15) is 4.79 Å². The second-order valence-corrected chi connectivity index (χ2v) is 7.13. The average molecular weight is 363 g/mol. The first kappa shape index (κ1) is 17.5. The molecule has 1 saturated heterocycles. The van der Waals surface area contributed by atoms with E-state index in [1.165, 1.54) is 6.92 Å². The van der Waals surface area contributed by atoms with Gasteiger partial charge in [0.05, 0.1) is 23.5 Å². The van der Waals surface area contributed by atoms with E-state index in [4.69, 9.17) is 4.99 Å². The lowest BCUT2D eigenvalue weighted by Crippen LogP contribution is -2.57. The molecule has 0 atom stereocenters. The molecular weight excluding hydrogens is 338 g/mol. The molecule has 1 spiro atoms. The highest BCUT2D eigenvalue weighted by atomic mass is 16.1. The molecule has 0 saturated carbocycles. The highest BCUT2D eigenvalue weighted by Crippen LogP contribution is 2.36. The van der Waals surface area contributed by atoms with E-state index >= 15 is 0 Å². The van der Waals surface area contributed by atoms with Gasteiger partial charge in [0, 0.05) is 12.6 Å². The van der Waals surface area contributed by atoms with Gasteiger partial charge in [-0.2, -0.15) is 0 Å². The minimum absolute atomic E-state index is 0.0729. The number of hydrogen-bond acceptors (Lipinski definition) is 4. The predicted octanol–water partition coefficient (Wildman–Crippen LogP) is 3.20. The molecule has 4 N–H and O–H groups in total. The number of nitrogens with zero attached hydrogens (tertiary/aromatic N) is 1. The highest BCUT2D eigenvalue weighted by Gasteiger charge is 2.40. The topological polar surface area (TPSA) is 77.5 Å². The maximum absolute atomic E-state index is 11.5. The largest absolute Gasteiger partial charge is 0.371 e. The number of piperidine rings is 1. The third-order valence-electron chi connectivity index (χ3n) is 5.20. The van der Waals surface area contributed by atoms with Gasteiger partial charge in [0.1, 0.15) is 5.84 Å². The van der Waals surface area contributed by atoms with Gasteiger partial charge in [-0.15, -0.1) is 0 Å². The number of nitrogens with one attached hydrogen (secondary N) is 4. The standard InChI is InChI=1S/C21H25N5O/c1-15(27)24-17-7-3-2-6-16(17)14-23-20-21(10-12-22-13-11-21)26-19-9-5-4-8-18(19)25-20/h2-9,22,26H,10-14H2,1H3,(H,23,25)(H,24,27). The number of fused-ring (bicyclic) bond motifs is 1. The Morgan fingerprint density at radius 3 is 2.56 bits per heavy atom. The SMILES string of the molecule is CC(=O)Nc1ccccc1CN=C1Nc2ccccc2NC12CCNCC2. The van der Waals surface area contributed by atoms with Crippen LogP contribution >= 0.6 is 0 Å². The second kappa shape index (κ2) is 7.40. The predicted molar refractivity (Wildman–Crippen MR) is 110 cm³/mol. The minimum Gasteiger partial charge on any atom is -0.371 e. The van der Waals surface area contributed by atoms with E-state index in [0.717, 1.165) is 54.4 Å². The van der Waals surface area contributed by atoms with E-state index in [1.807, 2.05) is 36.4 Å². The lowest BCUT2D eigenvalue weighted by Gasteiger charge is -2.44. The van der Waals surface area contributed by atoms with Crippen molar-refractivity contribution in [2.75, 3.05) is 29.0 Å². The molecule has 0 unspecified atom stereocenters. The van der Waals surface area contributed by atoms with Gasteiger partial charge in [-0.1, -0.05) is 30.3 Å². The summed E-state index contributed by atoms with van der Waals surface area (Å²) in [5.41, 5.74) is 3.82. The number of aliphatic imine (C=N–C) groups is 1. The third-order valence-corrected chi connectivity index (χ3v) is 5.20. The monoisotopic (exact) mass is 363 g/mol. The number of carbonyl (C=O) groups is 1. The highest BCUT2D eigenvalue weighted by molar-refractivity contribution is 6.09. The summed E-state index contributed by atoms with van der Waals surface area (Å²) < 4.78 is 0. The molecule has 27 heavy (non-hydrogen) atoms. The van der Waals surface area contributed by atoms with Crippen LogP contribution in [0.1, 0.15) is 25.3 Å².